The lowest BCUT2D eigenvalue weighted by molar-refractivity contribution is 0.388. The second kappa shape index (κ2) is 5.98. The third kappa shape index (κ3) is 3.25. The molecule has 7 heteroatoms. The number of nitrogens with zero attached hydrogens (tertiary/aromatic N) is 3. The molecule has 0 unspecified atom stereocenters. The van der Waals surface area contributed by atoms with Crippen LogP contribution in [0.5, 0.6) is 5.75 Å². The smallest absolute Gasteiger partial charge is 0.211 e. The highest BCUT2D eigenvalue weighted by Gasteiger charge is 2.24. The molecule has 1 saturated heterocycles. The van der Waals surface area contributed by atoms with Crippen LogP contribution in [0, 0.1) is 6.92 Å². The zero-order valence-corrected chi connectivity index (χ0v) is 14.4. The Balaban J connectivity index is 1.96. The predicted octanol–water partition coefficient (Wildman–Crippen LogP) is 1.63. The molecule has 1 aliphatic rings. The number of hydrogen-bond acceptors (Lipinski definition) is 5. The van der Waals surface area contributed by atoms with E-state index in [4.69, 9.17) is 4.74 Å². The summed E-state index contributed by atoms with van der Waals surface area (Å²) < 4.78 is 30.2. The molecule has 2 aromatic rings. The summed E-state index contributed by atoms with van der Waals surface area (Å²) in [6.45, 7) is 4.32. The van der Waals surface area contributed by atoms with Gasteiger partial charge >= 0.3 is 0 Å². The number of benzene rings is 1. The Morgan fingerprint density at radius 1 is 1.13 bits per heavy atom. The summed E-state index contributed by atoms with van der Waals surface area (Å²) in [6.07, 6.45) is 1.26. The van der Waals surface area contributed by atoms with Gasteiger partial charge in [0.2, 0.25) is 10.0 Å². The van der Waals surface area contributed by atoms with Gasteiger partial charge in [0.1, 0.15) is 5.75 Å². The molecule has 0 atom stereocenters. The standard InChI is InChI=1S/C16H21N3O3S/c1-12-10-16(14-11-13(22-2)4-5-15(14)17-12)18-6-8-19(9-7-18)23(3,20)21/h4-5,10-11H,6-9H2,1-3H3. The van der Waals surface area contributed by atoms with Crippen molar-refractivity contribution < 1.29 is 13.2 Å². The highest BCUT2D eigenvalue weighted by Crippen LogP contribution is 2.30. The van der Waals surface area contributed by atoms with Crippen LogP contribution in [0.3, 0.4) is 0 Å². The summed E-state index contributed by atoms with van der Waals surface area (Å²) in [7, 11) is -1.47. The number of sulfonamides is 1. The Labute approximate surface area is 136 Å². The molecule has 2 heterocycles. The second-order valence-electron chi connectivity index (χ2n) is 5.81. The van der Waals surface area contributed by atoms with Gasteiger partial charge < -0.3 is 9.64 Å². The quantitative estimate of drug-likeness (QED) is 0.853. The number of anilines is 1. The molecule has 0 saturated carbocycles. The minimum atomic E-state index is -3.12. The molecule has 124 valence electrons. The van der Waals surface area contributed by atoms with Crippen molar-refractivity contribution in [2.75, 3.05) is 44.4 Å². The molecule has 1 fully saturated rings. The van der Waals surface area contributed by atoms with Gasteiger partial charge in [-0.25, -0.2) is 8.42 Å². The molecule has 0 radical (unpaired) electrons. The monoisotopic (exact) mass is 335 g/mol. The Hall–Kier alpha value is -1.86. The highest BCUT2D eigenvalue weighted by atomic mass is 32.2. The number of rotatable bonds is 3. The van der Waals surface area contributed by atoms with Gasteiger partial charge in [-0.05, 0) is 31.2 Å². The molecule has 0 aliphatic carbocycles. The van der Waals surface area contributed by atoms with Crippen LogP contribution in [0.4, 0.5) is 5.69 Å². The van der Waals surface area contributed by atoms with Crippen molar-refractivity contribution in [3.63, 3.8) is 0 Å². The van der Waals surface area contributed by atoms with Gasteiger partial charge in [0, 0.05) is 42.9 Å². The summed E-state index contributed by atoms with van der Waals surface area (Å²) in [6, 6.07) is 7.90. The van der Waals surface area contributed by atoms with E-state index in [2.05, 4.69) is 16.0 Å². The first-order valence-corrected chi connectivity index (χ1v) is 9.39. The van der Waals surface area contributed by atoms with Crippen molar-refractivity contribution in [1.29, 1.82) is 0 Å². The van der Waals surface area contributed by atoms with Gasteiger partial charge in [-0.15, -0.1) is 0 Å². The molecular formula is C16H21N3O3S. The SMILES string of the molecule is COc1ccc2nc(C)cc(N3CCN(S(C)(=O)=O)CC3)c2c1. The number of aromatic nitrogens is 1. The molecule has 0 amide bonds. The second-order valence-corrected chi connectivity index (χ2v) is 7.80. The first-order valence-electron chi connectivity index (χ1n) is 7.54. The normalized spacial score (nSPS) is 16.7. The molecular weight excluding hydrogens is 314 g/mol. The average Bonchev–Trinajstić information content (AvgIpc) is 2.53. The highest BCUT2D eigenvalue weighted by molar-refractivity contribution is 7.88. The lowest BCUT2D eigenvalue weighted by Crippen LogP contribution is -2.48. The van der Waals surface area contributed by atoms with Crippen molar-refractivity contribution in [3.05, 3.63) is 30.0 Å². The number of methoxy groups -OCH3 is 1. The Kier molecular flexibility index (Phi) is 4.16. The van der Waals surface area contributed by atoms with E-state index in [0.717, 1.165) is 28.0 Å². The Morgan fingerprint density at radius 3 is 2.43 bits per heavy atom. The van der Waals surface area contributed by atoms with Crippen molar-refractivity contribution in [2.24, 2.45) is 0 Å². The first-order chi connectivity index (χ1) is 10.9. The molecule has 1 aromatic heterocycles. The summed E-state index contributed by atoms with van der Waals surface area (Å²) in [5.41, 5.74) is 2.95. The van der Waals surface area contributed by atoms with Crippen LogP contribution >= 0.6 is 0 Å². The lowest BCUT2D eigenvalue weighted by atomic mass is 10.1. The Morgan fingerprint density at radius 2 is 1.83 bits per heavy atom. The van der Waals surface area contributed by atoms with Crippen LogP contribution < -0.4 is 9.64 Å². The molecule has 0 bridgehead atoms. The molecule has 0 N–H and O–H groups in total. The largest absolute Gasteiger partial charge is 0.497 e. The third-order valence-corrected chi connectivity index (χ3v) is 5.47. The van der Waals surface area contributed by atoms with E-state index in [0.29, 0.717) is 26.2 Å². The van der Waals surface area contributed by atoms with Crippen LogP contribution in [-0.4, -0.2) is 57.3 Å². The van der Waals surface area contributed by atoms with E-state index in [9.17, 15) is 8.42 Å². The van der Waals surface area contributed by atoms with E-state index >= 15 is 0 Å². The molecule has 0 spiro atoms. The predicted molar refractivity (Wildman–Crippen MR) is 91.7 cm³/mol. The third-order valence-electron chi connectivity index (χ3n) is 4.17. The minimum Gasteiger partial charge on any atom is -0.497 e. The van der Waals surface area contributed by atoms with E-state index in [-0.39, 0.29) is 0 Å². The van der Waals surface area contributed by atoms with Gasteiger partial charge in [0.05, 0.1) is 18.9 Å². The topological polar surface area (TPSA) is 62.7 Å². The van der Waals surface area contributed by atoms with Crippen LogP contribution in [0.15, 0.2) is 24.3 Å². The fourth-order valence-corrected chi connectivity index (χ4v) is 3.79. The van der Waals surface area contributed by atoms with Gasteiger partial charge in [0.15, 0.2) is 0 Å². The average molecular weight is 335 g/mol. The summed E-state index contributed by atoms with van der Waals surface area (Å²) in [5.74, 6) is 0.791. The molecule has 23 heavy (non-hydrogen) atoms. The maximum atomic E-state index is 11.7. The number of piperazine rings is 1. The van der Waals surface area contributed by atoms with E-state index in [1.165, 1.54) is 10.6 Å². The van der Waals surface area contributed by atoms with Crippen molar-refractivity contribution in [3.8, 4) is 5.75 Å². The minimum absolute atomic E-state index is 0.506. The van der Waals surface area contributed by atoms with Crippen LogP contribution in [0.2, 0.25) is 0 Å². The van der Waals surface area contributed by atoms with Crippen molar-refractivity contribution >= 4 is 26.6 Å². The Bertz CT molecular complexity index is 828. The van der Waals surface area contributed by atoms with Crippen molar-refractivity contribution in [2.45, 2.75) is 6.92 Å². The van der Waals surface area contributed by atoms with Crippen LogP contribution in [0.25, 0.3) is 10.9 Å². The summed E-state index contributed by atoms with van der Waals surface area (Å²) in [5, 5.41) is 1.03. The molecule has 6 nitrogen and oxygen atoms in total. The van der Waals surface area contributed by atoms with E-state index in [1.54, 1.807) is 7.11 Å². The number of fused-ring (bicyclic) bond motifs is 1. The zero-order chi connectivity index (χ0) is 16.6. The maximum absolute atomic E-state index is 11.7. The number of ether oxygens (including phenoxy) is 1. The van der Waals surface area contributed by atoms with Crippen molar-refractivity contribution in [1.82, 2.24) is 9.29 Å². The van der Waals surface area contributed by atoms with Crippen LogP contribution in [0.1, 0.15) is 5.69 Å². The zero-order valence-electron chi connectivity index (χ0n) is 13.6. The summed E-state index contributed by atoms with van der Waals surface area (Å²) >= 11 is 0. The number of aryl methyl sites for hydroxylation is 1. The van der Waals surface area contributed by atoms with Gasteiger partial charge in [-0.3, -0.25) is 4.98 Å². The number of pyridine rings is 1. The summed E-state index contributed by atoms with van der Waals surface area (Å²) in [4.78, 5) is 6.79. The van der Waals surface area contributed by atoms with E-state index < -0.39 is 10.0 Å². The first kappa shape index (κ1) is 16.0. The molecule has 1 aromatic carbocycles. The fourth-order valence-electron chi connectivity index (χ4n) is 2.96. The molecule has 1 aliphatic heterocycles. The van der Waals surface area contributed by atoms with Gasteiger partial charge in [-0.2, -0.15) is 4.31 Å². The van der Waals surface area contributed by atoms with Gasteiger partial charge in [0.25, 0.3) is 0 Å². The lowest BCUT2D eigenvalue weighted by Gasteiger charge is -2.35. The fraction of sp³-hybridized carbons (Fsp3) is 0.438. The maximum Gasteiger partial charge on any atom is 0.211 e. The van der Waals surface area contributed by atoms with E-state index in [1.807, 2.05) is 25.1 Å². The van der Waals surface area contributed by atoms with Gasteiger partial charge in [-0.1, -0.05) is 0 Å². The number of hydrogen-bond donors (Lipinski definition) is 0. The molecule has 3 rings (SSSR count). The van der Waals surface area contributed by atoms with Crippen LogP contribution in [-0.2, 0) is 10.0 Å².